The number of carboxylic acid groups (broad SMARTS) is 1. The van der Waals surface area contributed by atoms with Crippen LogP contribution in [0.2, 0.25) is 0 Å². The van der Waals surface area contributed by atoms with Gasteiger partial charge in [-0.3, -0.25) is 9.80 Å². The number of thiazole rings is 1. The number of rotatable bonds is 5. The number of piperidine rings is 1. The Labute approximate surface area is 196 Å². The fraction of sp³-hybridized carbons (Fsp3) is 0.565. The van der Waals surface area contributed by atoms with Crippen LogP contribution in [0.15, 0.2) is 29.6 Å². The lowest BCUT2D eigenvalue weighted by Gasteiger charge is -2.40. The predicted molar refractivity (Wildman–Crippen MR) is 120 cm³/mol. The van der Waals surface area contributed by atoms with E-state index in [0.29, 0.717) is 5.41 Å². The van der Waals surface area contributed by atoms with Crippen molar-refractivity contribution in [1.29, 1.82) is 0 Å². The van der Waals surface area contributed by atoms with Crippen LogP contribution in [0.25, 0.3) is 0 Å². The average molecular weight is 486 g/mol. The second-order valence-corrected chi connectivity index (χ2v) is 9.85. The van der Waals surface area contributed by atoms with Gasteiger partial charge in [0.2, 0.25) is 0 Å². The van der Waals surface area contributed by atoms with Crippen molar-refractivity contribution in [2.45, 2.75) is 45.5 Å². The largest absolute Gasteiger partial charge is 0.497 e. The van der Waals surface area contributed by atoms with Gasteiger partial charge in [0.15, 0.2) is 0 Å². The Balaban J connectivity index is 0.000000383. The van der Waals surface area contributed by atoms with Crippen LogP contribution >= 0.6 is 11.3 Å². The molecule has 4 rings (SSSR count). The van der Waals surface area contributed by atoms with Gasteiger partial charge in [0.25, 0.3) is 0 Å². The summed E-state index contributed by atoms with van der Waals surface area (Å²) in [6.07, 6.45) is -1.08. The highest BCUT2D eigenvalue weighted by Crippen LogP contribution is 2.40. The Morgan fingerprint density at radius 3 is 2.52 bits per heavy atom. The molecule has 2 saturated heterocycles. The van der Waals surface area contributed by atoms with Crippen LogP contribution < -0.4 is 4.74 Å². The second-order valence-electron chi connectivity index (χ2n) is 8.79. The smallest absolute Gasteiger partial charge is 0.490 e. The van der Waals surface area contributed by atoms with E-state index >= 15 is 0 Å². The molecule has 0 amide bonds. The molecule has 2 fully saturated rings. The summed E-state index contributed by atoms with van der Waals surface area (Å²) in [7, 11) is 1.74. The highest BCUT2D eigenvalue weighted by molar-refractivity contribution is 7.09. The van der Waals surface area contributed by atoms with E-state index in [1.807, 2.05) is 6.07 Å². The summed E-state index contributed by atoms with van der Waals surface area (Å²) >= 11 is 1.76. The summed E-state index contributed by atoms with van der Waals surface area (Å²) in [5.74, 6) is -1.80. The van der Waals surface area contributed by atoms with E-state index in [9.17, 15) is 13.2 Å². The molecule has 182 valence electrons. The van der Waals surface area contributed by atoms with E-state index in [4.69, 9.17) is 14.6 Å². The lowest BCUT2D eigenvalue weighted by molar-refractivity contribution is -0.192. The fourth-order valence-electron chi connectivity index (χ4n) is 4.68. The maximum atomic E-state index is 10.6. The predicted octanol–water partition coefficient (Wildman–Crippen LogP) is 4.58. The molecule has 2 aromatic rings. The summed E-state index contributed by atoms with van der Waals surface area (Å²) in [6, 6.07) is 8.51. The number of carboxylic acids is 1. The number of halogens is 3. The molecule has 33 heavy (non-hydrogen) atoms. The summed E-state index contributed by atoms with van der Waals surface area (Å²) in [5.41, 5.74) is 3.07. The minimum Gasteiger partial charge on any atom is -0.497 e. The first-order valence-corrected chi connectivity index (χ1v) is 11.8. The monoisotopic (exact) mass is 485 g/mol. The van der Waals surface area contributed by atoms with Crippen LogP contribution in [0, 0.1) is 12.3 Å². The SMILES string of the molecule is COc1cccc(CN2CCCC3(CCN(Cc4csc(C)n4)C3)C2)c1.O=C(O)C(F)(F)F. The van der Waals surface area contributed by atoms with E-state index in [1.54, 1.807) is 18.4 Å². The van der Waals surface area contributed by atoms with Gasteiger partial charge in [-0.1, -0.05) is 12.1 Å². The summed E-state index contributed by atoms with van der Waals surface area (Å²) < 4.78 is 37.1. The molecule has 6 nitrogen and oxygen atoms in total. The van der Waals surface area contributed by atoms with Crippen LogP contribution in [-0.4, -0.2) is 65.3 Å². The molecule has 2 aliphatic rings. The Bertz CT molecular complexity index is 937. The number of carbonyl (C=O) groups is 1. The number of nitrogens with zero attached hydrogens (tertiary/aromatic N) is 3. The molecule has 1 N–H and O–H groups in total. The van der Waals surface area contributed by atoms with Gasteiger partial charge < -0.3 is 9.84 Å². The lowest BCUT2D eigenvalue weighted by Crippen LogP contribution is -2.44. The number of aliphatic carboxylic acids is 1. The zero-order valence-corrected chi connectivity index (χ0v) is 19.7. The van der Waals surface area contributed by atoms with Gasteiger partial charge in [0.1, 0.15) is 5.75 Å². The summed E-state index contributed by atoms with van der Waals surface area (Å²) in [6.45, 7) is 9.01. The number of hydrogen-bond acceptors (Lipinski definition) is 6. The zero-order chi connectivity index (χ0) is 24.1. The van der Waals surface area contributed by atoms with Crippen LogP contribution in [0.5, 0.6) is 5.75 Å². The molecule has 1 spiro atoms. The molecule has 0 saturated carbocycles. The number of hydrogen-bond donors (Lipinski definition) is 1. The minimum absolute atomic E-state index is 0.474. The zero-order valence-electron chi connectivity index (χ0n) is 18.9. The Kier molecular flexibility index (Phi) is 8.36. The minimum atomic E-state index is -5.08. The first-order valence-electron chi connectivity index (χ1n) is 10.9. The summed E-state index contributed by atoms with van der Waals surface area (Å²) in [5, 5.41) is 10.5. The van der Waals surface area contributed by atoms with Gasteiger partial charge in [0, 0.05) is 31.6 Å². The Hall–Kier alpha value is -2.17. The molecule has 0 aliphatic carbocycles. The van der Waals surface area contributed by atoms with Crippen molar-refractivity contribution in [3.63, 3.8) is 0 Å². The van der Waals surface area contributed by atoms with Crippen molar-refractivity contribution in [2.75, 3.05) is 33.3 Å². The molecule has 3 heterocycles. The molecule has 1 aromatic carbocycles. The topological polar surface area (TPSA) is 65.9 Å². The van der Waals surface area contributed by atoms with Gasteiger partial charge in [-0.25, -0.2) is 9.78 Å². The molecule has 1 unspecified atom stereocenters. The summed E-state index contributed by atoms with van der Waals surface area (Å²) in [4.78, 5) is 18.8. The van der Waals surface area contributed by atoms with Crippen molar-refractivity contribution >= 4 is 17.3 Å². The maximum Gasteiger partial charge on any atom is 0.490 e. The molecule has 1 atom stereocenters. The van der Waals surface area contributed by atoms with Crippen molar-refractivity contribution in [3.05, 3.63) is 45.9 Å². The number of aryl methyl sites for hydroxylation is 1. The molecule has 2 aliphatic heterocycles. The number of likely N-dealkylation sites (tertiary alicyclic amines) is 2. The molecular weight excluding hydrogens is 455 g/mol. The van der Waals surface area contributed by atoms with E-state index in [2.05, 4.69) is 45.3 Å². The average Bonchev–Trinajstić information content (AvgIpc) is 3.34. The highest BCUT2D eigenvalue weighted by Gasteiger charge is 2.41. The third-order valence-electron chi connectivity index (χ3n) is 6.09. The molecular formula is C23H30F3N3O3S. The molecule has 1 aromatic heterocycles. The van der Waals surface area contributed by atoms with Gasteiger partial charge in [-0.2, -0.15) is 13.2 Å². The van der Waals surface area contributed by atoms with Crippen molar-refractivity contribution in [2.24, 2.45) is 5.41 Å². The van der Waals surface area contributed by atoms with Crippen molar-refractivity contribution < 1.29 is 27.8 Å². The third-order valence-corrected chi connectivity index (χ3v) is 6.92. The van der Waals surface area contributed by atoms with E-state index in [1.165, 1.54) is 61.7 Å². The fourth-order valence-corrected chi connectivity index (χ4v) is 5.28. The highest BCUT2D eigenvalue weighted by atomic mass is 32.1. The van der Waals surface area contributed by atoms with Gasteiger partial charge in [-0.15, -0.1) is 11.3 Å². The number of alkyl halides is 3. The first-order chi connectivity index (χ1) is 15.6. The molecule has 10 heteroatoms. The van der Waals surface area contributed by atoms with E-state index in [-0.39, 0.29) is 0 Å². The van der Waals surface area contributed by atoms with E-state index in [0.717, 1.165) is 18.8 Å². The normalized spacial score (nSPS) is 21.6. The van der Waals surface area contributed by atoms with Gasteiger partial charge >= 0.3 is 12.1 Å². The molecule has 0 radical (unpaired) electrons. The quantitative estimate of drug-likeness (QED) is 0.669. The number of ether oxygens (including phenoxy) is 1. The van der Waals surface area contributed by atoms with Crippen LogP contribution in [0.3, 0.4) is 0 Å². The van der Waals surface area contributed by atoms with Crippen molar-refractivity contribution in [1.82, 2.24) is 14.8 Å². The Morgan fingerprint density at radius 1 is 1.21 bits per heavy atom. The van der Waals surface area contributed by atoms with Crippen LogP contribution in [0.4, 0.5) is 13.2 Å². The van der Waals surface area contributed by atoms with Gasteiger partial charge in [0.05, 0.1) is 17.8 Å². The number of methoxy groups -OCH3 is 1. The van der Waals surface area contributed by atoms with Crippen molar-refractivity contribution in [3.8, 4) is 5.75 Å². The number of aromatic nitrogens is 1. The van der Waals surface area contributed by atoms with Crippen LogP contribution in [-0.2, 0) is 17.9 Å². The van der Waals surface area contributed by atoms with E-state index < -0.39 is 12.1 Å². The van der Waals surface area contributed by atoms with Crippen LogP contribution in [0.1, 0.15) is 35.5 Å². The first kappa shape index (κ1) is 25.5. The maximum absolute atomic E-state index is 10.6. The molecule has 0 bridgehead atoms. The Morgan fingerprint density at radius 2 is 1.91 bits per heavy atom. The standard InChI is InChI=1S/C21H29N3OS.C2HF3O2/c1-17-22-19(14-26-17)13-24-10-8-21(16-24)7-4-9-23(15-21)12-18-5-3-6-20(11-18)25-2;3-2(4,5)1(6)7/h3,5-6,11,14H,4,7-10,12-13,15-16H2,1-2H3;(H,6,7). The van der Waals surface area contributed by atoms with Gasteiger partial charge in [-0.05, 0) is 62.4 Å². The second kappa shape index (κ2) is 10.8. The lowest BCUT2D eigenvalue weighted by atomic mass is 9.79. The number of benzene rings is 1. The third kappa shape index (κ3) is 7.41.